The molecule has 0 aromatic carbocycles. The summed E-state index contributed by atoms with van der Waals surface area (Å²) < 4.78 is 11.9. The predicted octanol–water partition coefficient (Wildman–Crippen LogP) is 4.72. The lowest BCUT2D eigenvalue weighted by Crippen LogP contribution is -2.35. The van der Waals surface area contributed by atoms with Crippen LogP contribution in [-0.2, 0) is 17.9 Å². The Morgan fingerprint density at radius 2 is 1.86 bits per heavy atom. The van der Waals surface area contributed by atoms with E-state index in [1.54, 1.807) is 0 Å². The van der Waals surface area contributed by atoms with Gasteiger partial charge in [0.2, 0.25) is 0 Å². The van der Waals surface area contributed by atoms with Gasteiger partial charge in [0.15, 0.2) is 0 Å². The normalized spacial score (nSPS) is 17.9. The molecule has 21 heavy (non-hydrogen) atoms. The van der Waals surface area contributed by atoms with Gasteiger partial charge in [0, 0.05) is 17.6 Å². The summed E-state index contributed by atoms with van der Waals surface area (Å²) in [4.78, 5) is 0. The van der Waals surface area contributed by atoms with Gasteiger partial charge in [-0.1, -0.05) is 25.7 Å². The highest BCUT2D eigenvalue weighted by Gasteiger charge is 2.15. The lowest BCUT2D eigenvalue weighted by atomic mass is 10.1. The molecule has 1 fully saturated rings. The Labute approximate surface area is 129 Å². The highest BCUT2D eigenvalue weighted by atomic mass is 16.5. The molecular formula is C18H31NO2. The summed E-state index contributed by atoms with van der Waals surface area (Å²) in [5.74, 6) is 1.97. The van der Waals surface area contributed by atoms with Crippen LogP contribution in [0.3, 0.4) is 0 Å². The van der Waals surface area contributed by atoms with Crippen LogP contribution in [0.1, 0.15) is 76.4 Å². The van der Waals surface area contributed by atoms with E-state index in [4.69, 9.17) is 9.15 Å². The molecule has 1 aliphatic rings. The lowest BCUT2D eigenvalue weighted by Gasteiger charge is -2.20. The second-order valence-corrected chi connectivity index (χ2v) is 7.32. The van der Waals surface area contributed by atoms with E-state index < -0.39 is 0 Å². The first kappa shape index (κ1) is 16.6. The lowest BCUT2D eigenvalue weighted by molar-refractivity contribution is 0.0216. The molecule has 0 radical (unpaired) electrons. The molecule has 0 aliphatic heterocycles. The topological polar surface area (TPSA) is 34.4 Å². The third kappa shape index (κ3) is 5.84. The molecule has 0 bridgehead atoms. The van der Waals surface area contributed by atoms with Gasteiger partial charge in [-0.2, -0.15) is 0 Å². The maximum Gasteiger partial charge on any atom is 0.130 e. The molecule has 1 saturated carbocycles. The van der Waals surface area contributed by atoms with Gasteiger partial charge in [-0.25, -0.2) is 0 Å². The zero-order chi connectivity index (χ0) is 15.3. The summed E-state index contributed by atoms with van der Waals surface area (Å²) in [6.07, 6.45) is 8.18. The molecule has 1 N–H and O–H groups in total. The van der Waals surface area contributed by atoms with E-state index in [9.17, 15) is 0 Å². The number of rotatable bonds is 5. The summed E-state index contributed by atoms with van der Waals surface area (Å²) >= 11 is 0. The molecule has 0 saturated heterocycles. The summed E-state index contributed by atoms with van der Waals surface area (Å²) in [7, 11) is 0. The number of hydrogen-bond acceptors (Lipinski definition) is 3. The Morgan fingerprint density at radius 3 is 2.48 bits per heavy atom. The molecule has 1 aromatic heterocycles. The molecule has 0 spiro atoms. The highest BCUT2D eigenvalue weighted by molar-refractivity contribution is 5.20. The monoisotopic (exact) mass is 293 g/mol. The molecule has 3 nitrogen and oxygen atoms in total. The Bertz CT molecular complexity index is 423. The van der Waals surface area contributed by atoms with E-state index in [1.807, 2.05) is 6.92 Å². The van der Waals surface area contributed by atoms with Gasteiger partial charge in [0.05, 0.1) is 6.10 Å². The molecule has 1 aromatic rings. The van der Waals surface area contributed by atoms with Gasteiger partial charge in [0.1, 0.15) is 18.1 Å². The standard InChI is InChI=1S/C18H31NO2/c1-14-15(12-19-18(2,3)4)11-17(21-14)13-20-16-9-7-5-6-8-10-16/h11,16,19H,5-10,12-13H2,1-4H3. The Morgan fingerprint density at radius 1 is 1.19 bits per heavy atom. The van der Waals surface area contributed by atoms with Gasteiger partial charge in [-0.05, 0) is 46.6 Å². The molecule has 1 aliphatic carbocycles. The fourth-order valence-electron chi connectivity index (χ4n) is 2.80. The van der Waals surface area contributed by atoms with Gasteiger partial charge >= 0.3 is 0 Å². The van der Waals surface area contributed by atoms with E-state index in [1.165, 1.54) is 44.1 Å². The second-order valence-electron chi connectivity index (χ2n) is 7.32. The molecule has 120 valence electrons. The van der Waals surface area contributed by atoms with Crippen LogP contribution in [0, 0.1) is 6.92 Å². The number of ether oxygens (including phenoxy) is 1. The summed E-state index contributed by atoms with van der Waals surface area (Å²) in [5.41, 5.74) is 1.37. The van der Waals surface area contributed by atoms with E-state index in [0.717, 1.165) is 18.1 Å². The van der Waals surface area contributed by atoms with Crippen LogP contribution < -0.4 is 5.32 Å². The van der Waals surface area contributed by atoms with Crippen LogP contribution in [-0.4, -0.2) is 11.6 Å². The fraction of sp³-hybridized carbons (Fsp3) is 0.778. The SMILES string of the molecule is Cc1oc(COC2CCCCCC2)cc1CNC(C)(C)C. The van der Waals surface area contributed by atoms with Gasteiger partial charge < -0.3 is 14.5 Å². The maximum absolute atomic E-state index is 6.05. The van der Waals surface area contributed by atoms with E-state index in [2.05, 4.69) is 32.2 Å². The smallest absolute Gasteiger partial charge is 0.130 e. The zero-order valence-electron chi connectivity index (χ0n) is 14.1. The van der Waals surface area contributed by atoms with Crippen molar-refractivity contribution in [1.29, 1.82) is 0 Å². The van der Waals surface area contributed by atoms with Crippen molar-refractivity contribution in [1.82, 2.24) is 5.32 Å². The minimum atomic E-state index is 0.126. The minimum absolute atomic E-state index is 0.126. The fourth-order valence-corrected chi connectivity index (χ4v) is 2.80. The molecule has 2 rings (SSSR count). The number of hydrogen-bond donors (Lipinski definition) is 1. The van der Waals surface area contributed by atoms with Crippen molar-refractivity contribution >= 4 is 0 Å². The molecule has 0 atom stereocenters. The minimum Gasteiger partial charge on any atom is -0.464 e. The highest BCUT2D eigenvalue weighted by Crippen LogP contribution is 2.22. The van der Waals surface area contributed by atoms with Crippen molar-refractivity contribution in [2.75, 3.05) is 0 Å². The summed E-state index contributed by atoms with van der Waals surface area (Å²) in [6.45, 7) is 10.0. The molecular weight excluding hydrogens is 262 g/mol. The van der Waals surface area contributed by atoms with Crippen LogP contribution in [0.25, 0.3) is 0 Å². The third-order valence-electron chi connectivity index (χ3n) is 4.14. The first-order chi connectivity index (χ1) is 9.94. The average Bonchev–Trinajstić information content (AvgIpc) is 2.62. The van der Waals surface area contributed by atoms with Gasteiger partial charge in [-0.15, -0.1) is 0 Å². The number of nitrogens with one attached hydrogen (secondary N) is 1. The van der Waals surface area contributed by atoms with Crippen molar-refractivity contribution in [3.8, 4) is 0 Å². The van der Waals surface area contributed by atoms with Crippen LogP contribution >= 0.6 is 0 Å². The predicted molar refractivity (Wildman–Crippen MR) is 86.3 cm³/mol. The van der Waals surface area contributed by atoms with Crippen LogP contribution in [0.5, 0.6) is 0 Å². The van der Waals surface area contributed by atoms with E-state index in [-0.39, 0.29) is 5.54 Å². The molecule has 0 amide bonds. The second kappa shape index (κ2) is 7.46. The summed E-state index contributed by atoms with van der Waals surface area (Å²) in [6, 6.07) is 2.14. The quantitative estimate of drug-likeness (QED) is 0.798. The first-order valence-corrected chi connectivity index (χ1v) is 8.39. The van der Waals surface area contributed by atoms with Gasteiger partial charge in [0.25, 0.3) is 0 Å². The number of aryl methyl sites for hydroxylation is 1. The average molecular weight is 293 g/mol. The number of furan rings is 1. The largest absolute Gasteiger partial charge is 0.464 e. The van der Waals surface area contributed by atoms with E-state index >= 15 is 0 Å². The van der Waals surface area contributed by atoms with Crippen molar-refractivity contribution in [3.63, 3.8) is 0 Å². The Balaban J connectivity index is 1.83. The van der Waals surface area contributed by atoms with Crippen molar-refractivity contribution < 1.29 is 9.15 Å². The molecule has 3 heteroatoms. The molecule has 1 heterocycles. The first-order valence-electron chi connectivity index (χ1n) is 8.39. The van der Waals surface area contributed by atoms with E-state index in [0.29, 0.717) is 12.7 Å². The zero-order valence-corrected chi connectivity index (χ0v) is 14.1. The Kier molecular flexibility index (Phi) is 5.88. The third-order valence-corrected chi connectivity index (χ3v) is 4.14. The molecule has 0 unspecified atom stereocenters. The van der Waals surface area contributed by atoms with Crippen LogP contribution in [0.4, 0.5) is 0 Å². The van der Waals surface area contributed by atoms with Crippen LogP contribution in [0.2, 0.25) is 0 Å². The van der Waals surface area contributed by atoms with Crippen molar-refractivity contribution in [3.05, 3.63) is 23.2 Å². The van der Waals surface area contributed by atoms with Crippen molar-refractivity contribution in [2.24, 2.45) is 0 Å². The summed E-state index contributed by atoms with van der Waals surface area (Å²) in [5, 5.41) is 3.51. The van der Waals surface area contributed by atoms with Crippen molar-refractivity contribution in [2.45, 2.75) is 91.0 Å². The maximum atomic E-state index is 6.05. The van der Waals surface area contributed by atoms with Gasteiger partial charge in [-0.3, -0.25) is 0 Å². The van der Waals surface area contributed by atoms with Crippen LogP contribution in [0.15, 0.2) is 10.5 Å². The Hall–Kier alpha value is -0.800.